The van der Waals surface area contributed by atoms with E-state index < -0.39 is 0 Å². The minimum atomic E-state index is 0.718. The third kappa shape index (κ3) is 2.54. The minimum absolute atomic E-state index is 0.718. The smallest absolute Gasteiger partial charge is 0.0726 e. The molecule has 1 aromatic heterocycles. The summed E-state index contributed by atoms with van der Waals surface area (Å²) in [4.78, 5) is 11.1. The zero-order chi connectivity index (χ0) is 12.4. The van der Waals surface area contributed by atoms with Gasteiger partial charge in [0.1, 0.15) is 0 Å². The fraction of sp³-hybridized carbons (Fsp3) is 0.714. The van der Waals surface area contributed by atoms with Gasteiger partial charge in [-0.15, -0.1) is 0 Å². The van der Waals surface area contributed by atoms with E-state index in [9.17, 15) is 0 Å². The van der Waals surface area contributed by atoms with Crippen molar-refractivity contribution >= 4 is 0 Å². The first-order valence-electron chi connectivity index (χ1n) is 7.10. The normalized spacial score (nSPS) is 30.9. The second kappa shape index (κ2) is 5.33. The van der Waals surface area contributed by atoms with Crippen molar-refractivity contribution < 1.29 is 0 Å². The fourth-order valence-corrected chi connectivity index (χ4v) is 3.44. The molecule has 2 aliphatic heterocycles. The molecule has 0 spiro atoms. The third-order valence-corrected chi connectivity index (χ3v) is 4.35. The third-order valence-electron chi connectivity index (χ3n) is 4.35. The Morgan fingerprint density at radius 2 is 2.06 bits per heavy atom. The molecule has 1 aromatic rings. The van der Waals surface area contributed by atoms with Gasteiger partial charge in [0.2, 0.25) is 0 Å². The molecular weight excluding hydrogens is 224 g/mol. The lowest BCUT2D eigenvalue weighted by molar-refractivity contribution is 0.139. The van der Waals surface area contributed by atoms with E-state index in [1.165, 1.54) is 25.7 Å². The van der Waals surface area contributed by atoms with Crippen LogP contribution in [0.25, 0.3) is 0 Å². The molecule has 2 atom stereocenters. The van der Waals surface area contributed by atoms with Crippen molar-refractivity contribution in [2.75, 3.05) is 6.54 Å². The van der Waals surface area contributed by atoms with E-state index in [0.717, 1.165) is 36.9 Å². The molecule has 4 nitrogen and oxygen atoms in total. The van der Waals surface area contributed by atoms with Gasteiger partial charge in [-0.3, -0.25) is 14.9 Å². The lowest BCUT2D eigenvalue weighted by Gasteiger charge is -2.37. The van der Waals surface area contributed by atoms with Crippen LogP contribution in [0.2, 0.25) is 0 Å². The standard InChI is InChI=1S/C14H22N4/c1-2-18(10-13-9-15-5-6-16-13)14-7-11-3-4-12(8-14)17-11/h5-6,9,11-12,14,17H,2-4,7-8,10H2,1H3. The van der Waals surface area contributed by atoms with E-state index in [-0.39, 0.29) is 0 Å². The highest BCUT2D eigenvalue weighted by atomic mass is 15.2. The number of rotatable bonds is 4. The van der Waals surface area contributed by atoms with Crippen LogP contribution in [0.5, 0.6) is 0 Å². The molecule has 2 aliphatic rings. The van der Waals surface area contributed by atoms with Crippen molar-refractivity contribution in [2.45, 2.75) is 57.3 Å². The van der Waals surface area contributed by atoms with Gasteiger partial charge in [-0.25, -0.2) is 0 Å². The molecule has 2 saturated heterocycles. The van der Waals surface area contributed by atoms with Gasteiger partial charge < -0.3 is 5.32 Å². The van der Waals surface area contributed by atoms with E-state index in [1.54, 1.807) is 12.4 Å². The van der Waals surface area contributed by atoms with Crippen LogP contribution in [0.4, 0.5) is 0 Å². The first-order chi connectivity index (χ1) is 8.85. The van der Waals surface area contributed by atoms with Gasteiger partial charge in [-0.05, 0) is 32.2 Å². The number of fused-ring (bicyclic) bond motifs is 2. The summed E-state index contributed by atoms with van der Waals surface area (Å²) in [5.74, 6) is 0. The molecule has 2 unspecified atom stereocenters. The van der Waals surface area contributed by atoms with Gasteiger partial charge in [0.15, 0.2) is 0 Å². The van der Waals surface area contributed by atoms with Crippen molar-refractivity contribution in [2.24, 2.45) is 0 Å². The molecular formula is C14H22N4. The highest BCUT2D eigenvalue weighted by Gasteiger charge is 2.35. The maximum atomic E-state index is 4.40. The lowest BCUT2D eigenvalue weighted by atomic mass is 9.98. The summed E-state index contributed by atoms with van der Waals surface area (Å²) in [7, 11) is 0. The number of hydrogen-bond donors (Lipinski definition) is 1. The maximum absolute atomic E-state index is 4.40. The summed E-state index contributed by atoms with van der Waals surface area (Å²) in [5, 5.41) is 3.71. The van der Waals surface area contributed by atoms with E-state index in [0.29, 0.717) is 0 Å². The van der Waals surface area contributed by atoms with Crippen LogP contribution >= 0.6 is 0 Å². The zero-order valence-electron chi connectivity index (χ0n) is 11.0. The van der Waals surface area contributed by atoms with E-state index in [1.807, 2.05) is 6.20 Å². The Kier molecular flexibility index (Phi) is 3.57. The first-order valence-corrected chi connectivity index (χ1v) is 7.10. The van der Waals surface area contributed by atoms with Crippen LogP contribution in [-0.4, -0.2) is 39.5 Å². The second-order valence-corrected chi connectivity index (χ2v) is 5.52. The molecule has 18 heavy (non-hydrogen) atoms. The summed E-state index contributed by atoms with van der Waals surface area (Å²) in [6.07, 6.45) is 10.7. The molecule has 0 aromatic carbocycles. The van der Waals surface area contributed by atoms with Gasteiger partial charge >= 0.3 is 0 Å². The Hall–Kier alpha value is -1.00. The van der Waals surface area contributed by atoms with Gasteiger partial charge in [-0.1, -0.05) is 6.92 Å². The molecule has 4 heteroatoms. The van der Waals surface area contributed by atoms with Crippen molar-refractivity contribution in [1.82, 2.24) is 20.2 Å². The first kappa shape index (κ1) is 12.1. The van der Waals surface area contributed by atoms with Gasteiger partial charge in [0.05, 0.1) is 5.69 Å². The van der Waals surface area contributed by atoms with Crippen molar-refractivity contribution in [1.29, 1.82) is 0 Å². The summed E-state index contributed by atoms with van der Waals surface area (Å²) < 4.78 is 0. The Labute approximate surface area is 109 Å². The molecule has 2 fully saturated rings. The van der Waals surface area contributed by atoms with E-state index >= 15 is 0 Å². The number of nitrogens with zero attached hydrogens (tertiary/aromatic N) is 3. The number of aromatic nitrogens is 2. The van der Waals surface area contributed by atoms with Crippen molar-refractivity contribution in [3.63, 3.8) is 0 Å². The highest BCUT2D eigenvalue weighted by Crippen LogP contribution is 2.30. The van der Waals surface area contributed by atoms with Crippen LogP contribution < -0.4 is 5.32 Å². The molecule has 98 valence electrons. The SMILES string of the molecule is CCN(Cc1cnccn1)C1CC2CCC(C1)N2. The average molecular weight is 246 g/mol. The Morgan fingerprint density at radius 1 is 1.28 bits per heavy atom. The van der Waals surface area contributed by atoms with Gasteiger partial charge in [0.25, 0.3) is 0 Å². The maximum Gasteiger partial charge on any atom is 0.0726 e. The van der Waals surface area contributed by atoms with Gasteiger partial charge in [-0.2, -0.15) is 0 Å². The zero-order valence-corrected chi connectivity index (χ0v) is 11.0. The summed E-state index contributed by atoms with van der Waals surface area (Å²) in [6.45, 7) is 4.29. The van der Waals surface area contributed by atoms with Crippen LogP contribution in [-0.2, 0) is 6.54 Å². The largest absolute Gasteiger partial charge is 0.311 e. The van der Waals surface area contributed by atoms with E-state index in [2.05, 4.69) is 27.1 Å². The monoisotopic (exact) mass is 246 g/mol. The summed E-state index contributed by atoms with van der Waals surface area (Å²) in [6, 6.07) is 2.23. The molecule has 0 saturated carbocycles. The molecule has 1 N–H and O–H groups in total. The fourth-order valence-electron chi connectivity index (χ4n) is 3.44. The summed E-state index contributed by atoms with van der Waals surface area (Å²) >= 11 is 0. The predicted molar refractivity (Wildman–Crippen MR) is 71.1 cm³/mol. The minimum Gasteiger partial charge on any atom is -0.311 e. The average Bonchev–Trinajstić information content (AvgIpc) is 2.76. The molecule has 3 rings (SSSR count). The number of piperidine rings is 1. The molecule has 0 radical (unpaired) electrons. The Bertz CT molecular complexity index is 369. The predicted octanol–water partition coefficient (Wildman–Crippen LogP) is 1.58. The van der Waals surface area contributed by atoms with E-state index in [4.69, 9.17) is 0 Å². The highest BCUT2D eigenvalue weighted by molar-refractivity contribution is 4.99. The van der Waals surface area contributed by atoms with Gasteiger partial charge in [0, 0.05) is 43.3 Å². The van der Waals surface area contributed by atoms with Crippen molar-refractivity contribution in [3.05, 3.63) is 24.3 Å². The molecule has 0 aliphatic carbocycles. The van der Waals surface area contributed by atoms with Crippen molar-refractivity contribution in [3.8, 4) is 0 Å². The molecule has 0 amide bonds. The van der Waals surface area contributed by atoms with Crippen LogP contribution in [0.3, 0.4) is 0 Å². The van der Waals surface area contributed by atoms with Crippen LogP contribution in [0.15, 0.2) is 18.6 Å². The van der Waals surface area contributed by atoms with Crippen LogP contribution in [0, 0.1) is 0 Å². The Balaban J connectivity index is 1.65. The quantitative estimate of drug-likeness (QED) is 0.876. The number of hydrogen-bond acceptors (Lipinski definition) is 4. The van der Waals surface area contributed by atoms with Crippen LogP contribution in [0.1, 0.15) is 38.3 Å². The summed E-state index contributed by atoms with van der Waals surface area (Å²) in [5.41, 5.74) is 1.09. The number of nitrogens with one attached hydrogen (secondary N) is 1. The molecule has 3 heterocycles. The molecule has 2 bridgehead atoms. The topological polar surface area (TPSA) is 41.1 Å². The Morgan fingerprint density at radius 3 is 2.67 bits per heavy atom. The lowest BCUT2D eigenvalue weighted by Crippen LogP contribution is -2.48. The second-order valence-electron chi connectivity index (χ2n) is 5.52.